The lowest BCUT2D eigenvalue weighted by atomic mass is 10.0. The fourth-order valence-electron chi connectivity index (χ4n) is 2.92. The Morgan fingerprint density at radius 1 is 1.19 bits per heavy atom. The van der Waals surface area contributed by atoms with Crippen LogP contribution in [0.3, 0.4) is 0 Å². The summed E-state index contributed by atoms with van der Waals surface area (Å²) < 4.78 is 13.7. The van der Waals surface area contributed by atoms with Crippen LogP contribution in [0.15, 0.2) is 60.9 Å². The number of H-pyrrole nitrogens is 2. The van der Waals surface area contributed by atoms with Gasteiger partial charge in [-0.2, -0.15) is 5.10 Å². The molecular weight excluding hydrogens is 341 g/mol. The van der Waals surface area contributed by atoms with Crippen molar-refractivity contribution in [3.63, 3.8) is 0 Å². The molecule has 0 saturated heterocycles. The van der Waals surface area contributed by atoms with Gasteiger partial charge in [0, 0.05) is 17.5 Å². The molecule has 0 aliphatic heterocycles. The van der Waals surface area contributed by atoms with Gasteiger partial charge in [0.05, 0.1) is 16.7 Å². The third-order valence-electron chi connectivity index (χ3n) is 4.51. The zero-order valence-corrected chi connectivity index (χ0v) is 15.2. The standard InChI is InChI=1S/C21H20FN5/c1-12(2)13(3)24-18-11-23-27-20(18)21-25-17-9-5-8-16(19(17)26-21)14-6-4-7-15(22)10-14/h4-12,24H,3H2,1-2H3,(H,23,27)(H,25,26). The van der Waals surface area contributed by atoms with Crippen molar-refractivity contribution in [2.24, 2.45) is 5.92 Å². The van der Waals surface area contributed by atoms with E-state index in [2.05, 4.69) is 40.9 Å². The van der Waals surface area contributed by atoms with Crippen LogP contribution in [-0.2, 0) is 0 Å². The Hall–Kier alpha value is -3.41. The number of aromatic amines is 2. The summed E-state index contributed by atoms with van der Waals surface area (Å²) in [4.78, 5) is 8.05. The summed E-state index contributed by atoms with van der Waals surface area (Å²) in [5.41, 5.74) is 5.67. The quantitative estimate of drug-likeness (QED) is 0.449. The van der Waals surface area contributed by atoms with E-state index in [-0.39, 0.29) is 5.82 Å². The normalized spacial score (nSPS) is 11.3. The second kappa shape index (κ2) is 6.72. The number of fused-ring (bicyclic) bond motifs is 1. The van der Waals surface area contributed by atoms with Crippen LogP contribution in [0.25, 0.3) is 33.7 Å². The topological polar surface area (TPSA) is 69.4 Å². The molecule has 5 nitrogen and oxygen atoms in total. The van der Waals surface area contributed by atoms with Gasteiger partial charge in [0.1, 0.15) is 5.82 Å². The number of aromatic nitrogens is 4. The van der Waals surface area contributed by atoms with Gasteiger partial charge in [0.25, 0.3) is 0 Å². The second-order valence-electron chi connectivity index (χ2n) is 6.75. The third kappa shape index (κ3) is 3.21. The highest BCUT2D eigenvalue weighted by Crippen LogP contribution is 2.32. The van der Waals surface area contributed by atoms with E-state index in [1.165, 1.54) is 12.1 Å². The van der Waals surface area contributed by atoms with Crippen molar-refractivity contribution in [1.82, 2.24) is 20.2 Å². The van der Waals surface area contributed by atoms with Crippen LogP contribution in [0, 0.1) is 11.7 Å². The van der Waals surface area contributed by atoms with Gasteiger partial charge in [0.2, 0.25) is 0 Å². The Bertz CT molecular complexity index is 1120. The fraction of sp³-hybridized carbons (Fsp3) is 0.143. The highest BCUT2D eigenvalue weighted by Gasteiger charge is 2.16. The first-order valence-electron chi connectivity index (χ1n) is 8.77. The zero-order valence-electron chi connectivity index (χ0n) is 15.2. The molecular formula is C21H20FN5. The monoisotopic (exact) mass is 361 g/mol. The van der Waals surface area contributed by atoms with Crippen molar-refractivity contribution in [3.8, 4) is 22.6 Å². The van der Waals surface area contributed by atoms with Crippen LogP contribution in [-0.4, -0.2) is 20.2 Å². The van der Waals surface area contributed by atoms with Crippen LogP contribution in [0.5, 0.6) is 0 Å². The number of halogens is 1. The Labute approximate surface area is 156 Å². The molecule has 0 saturated carbocycles. The first-order chi connectivity index (χ1) is 13.0. The number of allylic oxidation sites excluding steroid dienone is 1. The van der Waals surface area contributed by atoms with Crippen molar-refractivity contribution in [2.75, 3.05) is 5.32 Å². The van der Waals surface area contributed by atoms with E-state index < -0.39 is 0 Å². The molecule has 2 heterocycles. The molecule has 136 valence electrons. The predicted octanol–water partition coefficient (Wildman–Crippen LogP) is 5.34. The molecule has 4 aromatic rings. The van der Waals surface area contributed by atoms with E-state index in [0.717, 1.165) is 33.5 Å². The largest absolute Gasteiger partial charge is 0.356 e. The molecule has 0 atom stereocenters. The number of nitrogens with one attached hydrogen (secondary N) is 3. The molecule has 4 rings (SSSR count). The fourth-order valence-corrected chi connectivity index (χ4v) is 2.92. The van der Waals surface area contributed by atoms with Gasteiger partial charge in [-0.15, -0.1) is 0 Å². The lowest BCUT2D eigenvalue weighted by Gasteiger charge is -2.11. The van der Waals surface area contributed by atoms with Gasteiger partial charge in [-0.25, -0.2) is 9.37 Å². The van der Waals surface area contributed by atoms with Gasteiger partial charge in [0.15, 0.2) is 11.5 Å². The highest BCUT2D eigenvalue weighted by molar-refractivity contribution is 5.94. The summed E-state index contributed by atoms with van der Waals surface area (Å²) in [6.45, 7) is 8.19. The van der Waals surface area contributed by atoms with Gasteiger partial charge >= 0.3 is 0 Å². The molecule has 0 aliphatic carbocycles. The van der Waals surface area contributed by atoms with Crippen molar-refractivity contribution < 1.29 is 4.39 Å². The molecule has 3 N–H and O–H groups in total. The summed E-state index contributed by atoms with van der Waals surface area (Å²) in [6.07, 6.45) is 1.78. The van der Waals surface area contributed by atoms with Crippen molar-refractivity contribution in [1.29, 1.82) is 0 Å². The van der Waals surface area contributed by atoms with Crippen molar-refractivity contribution >= 4 is 16.7 Å². The molecule has 2 aromatic carbocycles. The highest BCUT2D eigenvalue weighted by atomic mass is 19.1. The van der Waals surface area contributed by atoms with Gasteiger partial charge in [-0.3, -0.25) is 5.10 Å². The number of hydrogen-bond donors (Lipinski definition) is 3. The summed E-state index contributed by atoms with van der Waals surface area (Å²) in [7, 11) is 0. The molecule has 0 unspecified atom stereocenters. The van der Waals surface area contributed by atoms with Gasteiger partial charge in [-0.1, -0.05) is 44.7 Å². The molecule has 0 aliphatic rings. The van der Waals surface area contributed by atoms with Crippen LogP contribution in [0.1, 0.15) is 13.8 Å². The first kappa shape index (κ1) is 17.0. The molecule has 0 bridgehead atoms. The number of anilines is 1. The smallest absolute Gasteiger partial charge is 0.161 e. The molecule has 2 aromatic heterocycles. The van der Waals surface area contributed by atoms with E-state index in [0.29, 0.717) is 17.4 Å². The van der Waals surface area contributed by atoms with Crippen LogP contribution >= 0.6 is 0 Å². The Morgan fingerprint density at radius 2 is 2.00 bits per heavy atom. The van der Waals surface area contributed by atoms with Crippen LogP contribution in [0.2, 0.25) is 0 Å². The molecule has 0 fully saturated rings. The van der Waals surface area contributed by atoms with E-state index in [4.69, 9.17) is 4.98 Å². The van der Waals surface area contributed by atoms with Gasteiger partial charge < -0.3 is 10.3 Å². The van der Waals surface area contributed by atoms with Crippen LogP contribution in [0.4, 0.5) is 10.1 Å². The average Bonchev–Trinajstić information content (AvgIpc) is 3.27. The average molecular weight is 361 g/mol. The summed E-state index contributed by atoms with van der Waals surface area (Å²) in [6, 6.07) is 12.3. The van der Waals surface area contributed by atoms with Crippen molar-refractivity contribution in [2.45, 2.75) is 13.8 Å². The summed E-state index contributed by atoms with van der Waals surface area (Å²) in [5.74, 6) is 0.656. The maximum Gasteiger partial charge on any atom is 0.161 e. The number of benzene rings is 2. The Kier molecular flexibility index (Phi) is 4.24. The maximum atomic E-state index is 13.7. The van der Waals surface area contributed by atoms with E-state index in [1.807, 2.05) is 24.3 Å². The maximum absolute atomic E-state index is 13.7. The van der Waals surface area contributed by atoms with E-state index >= 15 is 0 Å². The number of nitrogens with zero attached hydrogens (tertiary/aromatic N) is 2. The second-order valence-corrected chi connectivity index (χ2v) is 6.75. The van der Waals surface area contributed by atoms with Crippen molar-refractivity contribution in [3.05, 3.63) is 66.8 Å². The lowest BCUT2D eigenvalue weighted by Crippen LogP contribution is -2.04. The minimum absolute atomic E-state index is 0.272. The van der Waals surface area contributed by atoms with E-state index in [1.54, 1.807) is 12.3 Å². The minimum atomic E-state index is -0.272. The van der Waals surface area contributed by atoms with Crippen LogP contribution < -0.4 is 5.32 Å². The molecule has 27 heavy (non-hydrogen) atoms. The Balaban J connectivity index is 1.79. The molecule has 6 heteroatoms. The lowest BCUT2D eigenvalue weighted by molar-refractivity contribution is 0.628. The SMILES string of the molecule is C=C(Nc1c[nH]nc1-c1nc2c(-c3cccc(F)c3)cccc2[nH]1)C(C)C. The number of rotatable bonds is 5. The predicted molar refractivity (Wildman–Crippen MR) is 107 cm³/mol. The summed E-state index contributed by atoms with van der Waals surface area (Å²) in [5, 5.41) is 10.5. The first-order valence-corrected chi connectivity index (χ1v) is 8.77. The zero-order chi connectivity index (χ0) is 19.0. The van der Waals surface area contributed by atoms with E-state index in [9.17, 15) is 4.39 Å². The number of hydrogen-bond acceptors (Lipinski definition) is 3. The summed E-state index contributed by atoms with van der Waals surface area (Å²) >= 11 is 0. The van der Waals surface area contributed by atoms with Gasteiger partial charge in [-0.05, 0) is 29.7 Å². The number of para-hydroxylation sites is 1. The third-order valence-corrected chi connectivity index (χ3v) is 4.51. The Morgan fingerprint density at radius 3 is 2.78 bits per heavy atom. The molecule has 0 spiro atoms. The molecule has 0 amide bonds. The minimum Gasteiger partial charge on any atom is -0.356 e. The molecule has 0 radical (unpaired) electrons. The number of imidazole rings is 1.